The lowest BCUT2D eigenvalue weighted by molar-refractivity contribution is -0.385. The number of aryl methyl sites for hydroxylation is 3. The van der Waals surface area contributed by atoms with Crippen LogP contribution in [0.15, 0.2) is 41.3 Å². The molecule has 2 rings (SSSR count). The molecular formula is C19H23N3O5. The third kappa shape index (κ3) is 6.25. The zero-order valence-electron chi connectivity index (χ0n) is 15.4. The van der Waals surface area contributed by atoms with Crippen molar-refractivity contribution in [3.05, 3.63) is 68.1 Å². The zero-order valence-corrected chi connectivity index (χ0v) is 15.4. The quantitative estimate of drug-likeness (QED) is 0.413. The molecule has 1 amide bonds. The van der Waals surface area contributed by atoms with Crippen LogP contribution in [0.25, 0.3) is 0 Å². The molecule has 27 heavy (non-hydrogen) atoms. The molecule has 1 aromatic carbocycles. The molecule has 0 bridgehead atoms. The topological polar surface area (TPSA) is 103 Å². The van der Waals surface area contributed by atoms with Gasteiger partial charge in [0.1, 0.15) is 5.75 Å². The molecule has 144 valence electrons. The lowest BCUT2D eigenvalue weighted by atomic mass is 10.1. The van der Waals surface area contributed by atoms with Crippen molar-refractivity contribution in [2.45, 2.75) is 33.2 Å². The van der Waals surface area contributed by atoms with Crippen LogP contribution < -0.4 is 15.6 Å². The lowest BCUT2D eigenvalue weighted by Gasteiger charge is -2.10. The van der Waals surface area contributed by atoms with Crippen molar-refractivity contribution in [3.63, 3.8) is 0 Å². The number of amides is 1. The van der Waals surface area contributed by atoms with Crippen LogP contribution in [0, 0.1) is 24.0 Å². The molecule has 1 aromatic heterocycles. The Morgan fingerprint density at radius 2 is 2.00 bits per heavy atom. The summed E-state index contributed by atoms with van der Waals surface area (Å²) in [5.41, 5.74) is 1.63. The number of carbonyl (C=O) groups excluding carboxylic acids is 1. The molecule has 0 radical (unpaired) electrons. The first kappa shape index (κ1) is 20.2. The SMILES string of the molecule is Cc1ccc(C)c(OCC(=O)NCCCCn2cc([N+](=O)[O-])ccc2=O)c1. The summed E-state index contributed by atoms with van der Waals surface area (Å²) in [5.74, 6) is 0.471. The van der Waals surface area contributed by atoms with Crippen LogP contribution in [-0.4, -0.2) is 28.5 Å². The van der Waals surface area contributed by atoms with E-state index >= 15 is 0 Å². The third-order valence-corrected chi connectivity index (χ3v) is 4.03. The number of nitrogens with zero attached hydrogens (tertiary/aromatic N) is 2. The number of aromatic nitrogens is 1. The summed E-state index contributed by atoms with van der Waals surface area (Å²) in [6.07, 6.45) is 2.49. The Bertz CT molecular complexity index is 876. The van der Waals surface area contributed by atoms with Gasteiger partial charge < -0.3 is 14.6 Å². The minimum Gasteiger partial charge on any atom is -0.483 e. The molecule has 0 saturated carbocycles. The lowest BCUT2D eigenvalue weighted by Crippen LogP contribution is -2.30. The minimum atomic E-state index is -0.536. The fourth-order valence-corrected chi connectivity index (χ4v) is 2.49. The maximum atomic E-state index is 11.9. The molecule has 2 aromatic rings. The first-order valence-corrected chi connectivity index (χ1v) is 8.68. The number of rotatable bonds is 9. The second-order valence-corrected chi connectivity index (χ2v) is 6.29. The summed E-state index contributed by atoms with van der Waals surface area (Å²) in [4.78, 5) is 33.8. The van der Waals surface area contributed by atoms with E-state index in [1.165, 1.54) is 22.9 Å². The van der Waals surface area contributed by atoms with Crippen molar-refractivity contribution in [1.82, 2.24) is 9.88 Å². The van der Waals surface area contributed by atoms with Crippen molar-refractivity contribution in [2.75, 3.05) is 13.2 Å². The number of nitrogens with one attached hydrogen (secondary N) is 1. The van der Waals surface area contributed by atoms with Gasteiger partial charge in [-0.05, 0) is 43.9 Å². The van der Waals surface area contributed by atoms with Crippen molar-refractivity contribution in [2.24, 2.45) is 0 Å². The summed E-state index contributed by atoms with van der Waals surface area (Å²) < 4.78 is 6.84. The molecule has 0 aliphatic carbocycles. The monoisotopic (exact) mass is 373 g/mol. The Balaban J connectivity index is 1.70. The van der Waals surface area contributed by atoms with E-state index in [2.05, 4.69) is 5.32 Å². The number of hydrogen-bond donors (Lipinski definition) is 1. The van der Waals surface area contributed by atoms with Gasteiger partial charge in [0.2, 0.25) is 0 Å². The second-order valence-electron chi connectivity index (χ2n) is 6.29. The average molecular weight is 373 g/mol. The molecule has 8 nitrogen and oxygen atoms in total. The van der Waals surface area contributed by atoms with Gasteiger partial charge in [0, 0.05) is 25.2 Å². The van der Waals surface area contributed by atoms with Gasteiger partial charge in [-0.25, -0.2) is 0 Å². The molecular weight excluding hydrogens is 350 g/mol. The first-order chi connectivity index (χ1) is 12.9. The van der Waals surface area contributed by atoms with Gasteiger partial charge in [0.15, 0.2) is 6.61 Å². The summed E-state index contributed by atoms with van der Waals surface area (Å²) in [6, 6.07) is 8.19. The molecule has 0 saturated heterocycles. The summed E-state index contributed by atoms with van der Waals surface area (Å²) >= 11 is 0. The van der Waals surface area contributed by atoms with Crippen LogP contribution in [0.5, 0.6) is 5.75 Å². The number of carbonyl (C=O) groups is 1. The Kier molecular flexibility index (Phi) is 7.10. The van der Waals surface area contributed by atoms with E-state index < -0.39 is 4.92 Å². The Morgan fingerprint density at radius 1 is 1.22 bits per heavy atom. The maximum Gasteiger partial charge on any atom is 0.285 e. The standard InChI is InChI=1S/C19H23N3O5/c1-14-5-6-15(2)17(11-14)27-13-18(23)20-9-3-4-10-21-12-16(22(25)26)7-8-19(21)24/h5-8,11-12H,3-4,9-10,13H2,1-2H3,(H,20,23). The van der Waals surface area contributed by atoms with E-state index in [4.69, 9.17) is 4.74 Å². The van der Waals surface area contributed by atoms with Gasteiger partial charge in [-0.15, -0.1) is 0 Å². The third-order valence-electron chi connectivity index (χ3n) is 4.03. The van der Waals surface area contributed by atoms with Gasteiger partial charge in [-0.3, -0.25) is 19.7 Å². The van der Waals surface area contributed by atoms with Gasteiger partial charge in [-0.2, -0.15) is 0 Å². The Hall–Kier alpha value is -3.16. The van der Waals surface area contributed by atoms with E-state index in [0.717, 1.165) is 11.1 Å². The number of benzene rings is 1. The van der Waals surface area contributed by atoms with E-state index in [1.54, 1.807) is 0 Å². The Labute approximate surface area is 156 Å². The van der Waals surface area contributed by atoms with Crippen LogP contribution in [0.2, 0.25) is 0 Å². The number of ether oxygens (including phenoxy) is 1. The van der Waals surface area contributed by atoms with Gasteiger partial charge >= 0.3 is 0 Å². The van der Waals surface area contributed by atoms with Crippen molar-refractivity contribution in [3.8, 4) is 5.75 Å². The summed E-state index contributed by atoms with van der Waals surface area (Å²) in [7, 11) is 0. The molecule has 0 atom stereocenters. The maximum absolute atomic E-state index is 11.9. The molecule has 0 spiro atoms. The highest BCUT2D eigenvalue weighted by atomic mass is 16.6. The fourth-order valence-electron chi connectivity index (χ4n) is 2.49. The zero-order chi connectivity index (χ0) is 19.8. The van der Waals surface area contributed by atoms with E-state index in [-0.39, 0.29) is 23.8 Å². The predicted molar refractivity (Wildman–Crippen MR) is 101 cm³/mol. The molecule has 0 aliphatic rings. The number of unbranched alkanes of at least 4 members (excludes halogenated alkanes) is 1. The van der Waals surface area contributed by atoms with Crippen molar-refractivity contribution >= 4 is 11.6 Å². The van der Waals surface area contributed by atoms with Gasteiger partial charge in [0.05, 0.1) is 11.1 Å². The Morgan fingerprint density at radius 3 is 2.74 bits per heavy atom. The fraction of sp³-hybridized carbons (Fsp3) is 0.368. The largest absolute Gasteiger partial charge is 0.483 e. The predicted octanol–water partition coefficient (Wildman–Crippen LogP) is 2.35. The van der Waals surface area contributed by atoms with Crippen LogP contribution in [-0.2, 0) is 11.3 Å². The number of hydrogen-bond acceptors (Lipinski definition) is 5. The van der Waals surface area contributed by atoms with E-state index in [9.17, 15) is 19.7 Å². The van der Waals surface area contributed by atoms with Crippen LogP contribution in [0.3, 0.4) is 0 Å². The highest BCUT2D eigenvalue weighted by Crippen LogP contribution is 2.18. The van der Waals surface area contributed by atoms with E-state index in [1.807, 2.05) is 32.0 Å². The summed E-state index contributed by atoms with van der Waals surface area (Å²) in [6.45, 7) is 4.62. The molecule has 0 fully saturated rings. The molecule has 8 heteroatoms. The number of nitro groups is 1. The van der Waals surface area contributed by atoms with Gasteiger partial charge in [-0.1, -0.05) is 12.1 Å². The first-order valence-electron chi connectivity index (χ1n) is 8.68. The second kappa shape index (κ2) is 9.51. The molecule has 1 heterocycles. The molecule has 0 aliphatic heterocycles. The number of pyridine rings is 1. The van der Waals surface area contributed by atoms with E-state index in [0.29, 0.717) is 31.7 Å². The minimum absolute atomic E-state index is 0.0609. The highest BCUT2D eigenvalue weighted by Gasteiger charge is 2.08. The normalized spacial score (nSPS) is 10.4. The van der Waals surface area contributed by atoms with Crippen LogP contribution >= 0.6 is 0 Å². The average Bonchev–Trinajstić information content (AvgIpc) is 2.63. The van der Waals surface area contributed by atoms with Crippen molar-refractivity contribution in [1.29, 1.82) is 0 Å². The van der Waals surface area contributed by atoms with Crippen LogP contribution in [0.4, 0.5) is 5.69 Å². The smallest absolute Gasteiger partial charge is 0.285 e. The highest BCUT2D eigenvalue weighted by molar-refractivity contribution is 5.77. The van der Waals surface area contributed by atoms with Gasteiger partial charge in [0.25, 0.3) is 17.2 Å². The molecule has 1 N–H and O–H groups in total. The van der Waals surface area contributed by atoms with Crippen molar-refractivity contribution < 1.29 is 14.5 Å². The molecule has 0 unspecified atom stereocenters. The van der Waals surface area contributed by atoms with Crippen LogP contribution in [0.1, 0.15) is 24.0 Å². The summed E-state index contributed by atoms with van der Waals surface area (Å²) in [5, 5.41) is 13.5.